The predicted octanol–water partition coefficient (Wildman–Crippen LogP) is 3.68. The minimum absolute atomic E-state index is 0.0524. The van der Waals surface area contributed by atoms with Gasteiger partial charge < -0.3 is 18.8 Å². The molecule has 0 saturated carbocycles. The molecule has 1 fully saturated rings. The molecule has 0 amide bonds. The van der Waals surface area contributed by atoms with E-state index in [1.54, 1.807) is 13.3 Å². The van der Waals surface area contributed by atoms with Gasteiger partial charge in [-0.25, -0.2) is 4.98 Å². The molecule has 1 aromatic carbocycles. The van der Waals surface area contributed by atoms with Crippen LogP contribution in [0.2, 0.25) is 0 Å². The number of hydrogen-bond acceptors (Lipinski definition) is 4. The third kappa shape index (κ3) is 4.41. The number of methoxy groups -OCH3 is 1. The lowest BCUT2D eigenvalue weighted by molar-refractivity contribution is -0.191. The van der Waals surface area contributed by atoms with Gasteiger partial charge in [-0.05, 0) is 29.5 Å². The molecule has 2 aromatic rings. The van der Waals surface area contributed by atoms with E-state index in [4.69, 9.17) is 14.2 Å². The van der Waals surface area contributed by atoms with E-state index in [9.17, 15) is 0 Å². The highest BCUT2D eigenvalue weighted by molar-refractivity contribution is 5.27. The summed E-state index contributed by atoms with van der Waals surface area (Å²) in [6.45, 7) is 7.85. The first kappa shape index (κ1) is 18.0. The Morgan fingerprint density at radius 2 is 2.04 bits per heavy atom. The van der Waals surface area contributed by atoms with Crippen LogP contribution in [0.1, 0.15) is 32.8 Å². The number of ether oxygens (including phenoxy) is 3. The second-order valence-corrected chi connectivity index (χ2v) is 7.78. The van der Waals surface area contributed by atoms with Crippen molar-refractivity contribution in [3.05, 3.63) is 48.5 Å². The van der Waals surface area contributed by atoms with Gasteiger partial charge in [-0.3, -0.25) is 0 Å². The molecule has 2 atom stereocenters. The summed E-state index contributed by atoms with van der Waals surface area (Å²) in [5.41, 5.74) is 1.30. The number of benzene rings is 1. The third-order valence-corrected chi connectivity index (χ3v) is 4.76. The summed E-state index contributed by atoms with van der Waals surface area (Å²) in [5.74, 6) is 0.261. The van der Waals surface area contributed by atoms with Gasteiger partial charge in [0, 0.05) is 18.8 Å². The Morgan fingerprint density at radius 1 is 1.28 bits per heavy atom. The third-order valence-electron chi connectivity index (χ3n) is 4.76. The minimum atomic E-state index is -0.613. The van der Waals surface area contributed by atoms with Crippen LogP contribution < -0.4 is 4.74 Å². The zero-order valence-electron chi connectivity index (χ0n) is 15.6. The van der Waals surface area contributed by atoms with Crippen molar-refractivity contribution >= 4 is 0 Å². The Labute approximate surface area is 149 Å². The van der Waals surface area contributed by atoms with Gasteiger partial charge in [-0.15, -0.1) is 0 Å². The van der Waals surface area contributed by atoms with Crippen LogP contribution in [0.25, 0.3) is 0 Å². The molecule has 0 bridgehead atoms. The molecule has 1 saturated heterocycles. The van der Waals surface area contributed by atoms with Gasteiger partial charge in [-0.1, -0.05) is 32.9 Å². The van der Waals surface area contributed by atoms with Gasteiger partial charge in [-0.2, -0.15) is 0 Å². The average molecular weight is 344 g/mol. The molecule has 2 heterocycles. The van der Waals surface area contributed by atoms with Crippen molar-refractivity contribution in [1.29, 1.82) is 0 Å². The van der Waals surface area contributed by atoms with Crippen molar-refractivity contribution in [3.8, 4) is 5.75 Å². The maximum Gasteiger partial charge on any atom is 0.187 e. The molecule has 25 heavy (non-hydrogen) atoms. The number of hydrogen-bond donors (Lipinski definition) is 0. The highest BCUT2D eigenvalue weighted by Gasteiger charge is 2.45. The Kier molecular flexibility index (Phi) is 5.16. The second kappa shape index (κ2) is 7.18. The first-order chi connectivity index (χ1) is 11.9. The predicted molar refractivity (Wildman–Crippen MR) is 96.6 cm³/mol. The lowest BCUT2D eigenvalue weighted by Gasteiger charge is -2.31. The summed E-state index contributed by atoms with van der Waals surface area (Å²) >= 11 is 0. The maximum absolute atomic E-state index is 6.46. The summed E-state index contributed by atoms with van der Waals surface area (Å²) in [4.78, 5) is 4.14. The van der Waals surface area contributed by atoms with Crippen molar-refractivity contribution in [2.24, 2.45) is 5.41 Å². The fraction of sp³-hybridized carbons (Fsp3) is 0.550. The summed E-state index contributed by atoms with van der Waals surface area (Å²) in [7, 11) is 1.68. The fourth-order valence-electron chi connectivity index (χ4n) is 3.06. The molecule has 1 aliphatic heterocycles. The molecule has 0 radical (unpaired) electrons. The Balaban J connectivity index is 1.72. The van der Waals surface area contributed by atoms with Gasteiger partial charge in [0.15, 0.2) is 5.79 Å². The van der Waals surface area contributed by atoms with E-state index in [0.717, 1.165) is 18.6 Å². The largest absolute Gasteiger partial charge is 0.497 e. The van der Waals surface area contributed by atoms with Crippen LogP contribution in [0.4, 0.5) is 0 Å². The van der Waals surface area contributed by atoms with E-state index >= 15 is 0 Å². The average Bonchev–Trinajstić information content (AvgIpc) is 3.24. The van der Waals surface area contributed by atoms with Gasteiger partial charge in [0.2, 0.25) is 0 Å². The van der Waals surface area contributed by atoms with Crippen LogP contribution in [0, 0.1) is 5.41 Å². The van der Waals surface area contributed by atoms with E-state index < -0.39 is 5.79 Å². The number of aryl methyl sites for hydroxylation is 1. The fourth-order valence-corrected chi connectivity index (χ4v) is 3.06. The highest BCUT2D eigenvalue weighted by atomic mass is 16.7. The SMILES string of the molecule is COc1ccc(CCC2(Cn3ccnc3)OCC(C(C)(C)C)O2)cc1. The molecule has 5 nitrogen and oxygen atoms in total. The first-order valence-electron chi connectivity index (χ1n) is 8.81. The van der Waals surface area contributed by atoms with Crippen LogP contribution in [0.5, 0.6) is 5.75 Å². The summed E-state index contributed by atoms with van der Waals surface area (Å²) in [6, 6.07) is 8.18. The van der Waals surface area contributed by atoms with Crippen LogP contribution in [-0.2, 0) is 22.4 Å². The van der Waals surface area contributed by atoms with E-state index in [-0.39, 0.29) is 11.5 Å². The smallest absolute Gasteiger partial charge is 0.187 e. The van der Waals surface area contributed by atoms with E-state index in [1.165, 1.54) is 5.56 Å². The highest BCUT2D eigenvalue weighted by Crippen LogP contribution is 2.37. The second-order valence-electron chi connectivity index (χ2n) is 7.78. The van der Waals surface area contributed by atoms with Crippen molar-refractivity contribution < 1.29 is 14.2 Å². The number of rotatable bonds is 6. The molecule has 2 unspecified atom stereocenters. The van der Waals surface area contributed by atoms with Gasteiger partial charge >= 0.3 is 0 Å². The van der Waals surface area contributed by atoms with Gasteiger partial charge in [0.1, 0.15) is 5.75 Å². The summed E-state index contributed by atoms with van der Waals surface area (Å²) < 4.78 is 19.9. The van der Waals surface area contributed by atoms with Crippen molar-refractivity contribution in [1.82, 2.24) is 9.55 Å². The van der Waals surface area contributed by atoms with Crippen molar-refractivity contribution in [2.75, 3.05) is 13.7 Å². The van der Waals surface area contributed by atoms with Crippen molar-refractivity contribution in [2.45, 2.75) is 52.0 Å². The monoisotopic (exact) mass is 344 g/mol. The first-order valence-corrected chi connectivity index (χ1v) is 8.81. The lowest BCUT2D eigenvalue weighted by atomic mass is 9.90. The zero-order valence-corrected chi connectivity index (χ0v) is 15.6. The van der Waals surface area contributed by atoms with Gasteiger partial charge in [0.25, 0.3) is 0 Å². The quantitative estimate of drug-likeness (QED) is 0.802. The molecular formula is C20H28N2O3. The van der Waals surface area contributed by atoms with E-state index in [2.05, 4.69) is 37.9 Å². The van der Waals surface area contributed by atoms with Crippen LogP contribution in [0.3, 0.4) is 0 Å². The Morgan fingerprint density at radius 3 is 2.60 bits per heavy atom. The van der Waals surface area contributed by atoms with Crippen molar-refractivity contribution in [3.63, 3.8) is 0 Å². The molecular weight excluding hydrogens is 316 g/mol. The Hall–Kier alpha value is -1.85. The standard InChI is InChI=1S/C20H28N2O3/c1-19(2,3)18-13-24-20(25-18,14-22-12-11-21-15-22)10-9-16-5-7-17(23-4)8-6-16/h5-8,11-12,15,18H,9-10,13-14H2,1-4H3. The van der Waals surface area contributed by atoms with Gasteiger partial charge in [0.05, 0.1) is 32.7 Å². The van der Waals surface area contributed by atoms with Crippen LogP contribution in [0.15, 0.2) is 43.0 Å². The number of aromatic nitrogens is 2. The Bertz CT molecular complexity index is 661. The normalized spacial score (nSPS) is 23.8. The summed E-state index contributed by atoms with van der Waals surface area (Å²) in [5, 5.41) is 0. The number of imidazole rings is 1. The minimum Gasteiger partial charge on any atom is -0.497 e. The molecule has 1 aromatic heterocycles. The molecule has 3 rings (SSSR count). The summed E-state index contributed by atoms with van der Waals surface area (Å²) in [6.07, 6.45) is 7.32. The maximum atomic E-state index is 6.46. The topological polar surface area (TPSA) is 45.5 Å². The molecule has 5 heteroatoms. The van der Waals surface area contributed by atoms with E-state index in [1.807, 2.05) is 29.2 Å². The molecule has 0 N–H and O–H groups in total. The van der Waals surface area contributed by atoms with Crippen LogP contribution >= 0.6 is 0 Å². The lowest BCUT2D eigenvalue weighted by Crippen LogP contribution is -2.38. The molecule has 1 aliphatic rings. The molecule has 0 aliphatic carbocycles. The molecule has 0 spiro atoms. The van der Waals surface area contributed by atoms with Crippen LogP contribution in [-0.4, -0.2) is 35.2 Å². The molecule has 136 valence electrons. The zero-order chi connectivity index (χ0) is 17.9. The van der Waals surface area contributed by atoms with E-state index in [0.29, 0.717) is 13.2 Å². The number of nitrogens with zero attached hydrogens (tertiary/aromatic N) is 2.